The second-order valence-corrected chi connectivity index (χ2v) is 4.77. The molecule has 16 heavy (non-hydrogen) atoms. The van der Waals surface area contributed by atoms with Crippen LogP contribution in [0.1, 0.15) is 29.9 Å². The predicted molar refractivity (Wildman–Crippen MR) is 64.8 cm³/mol. The van der Waals surface area contributed by atoms with Gasteiger partial charge in [-0.2, -0.15) is 0 Å². The summed E-state index contributed by atoms with van der Waals surface area (Å²) in [7, 11) is 0. The summed E-state index contributed by atoms with van der Waals surface area (Å²) in [5.41, 5.74) is 2.54. The molecule has 0 amide bonds. The molecule has 0 aliphatic heterocycles. The van der Waals surface area contributed by atoms with E-state index in [0.29, 0.717) is 0 Å². The molecule has 1 aliphatic carbocycles. The molecule has 2 aromatic rings. The number of halogens is 1. The smallest absolute Gasteiger partial charge is 0.0949 e. The Kier molecular flexibility index (Phi) is 2.44. The highest BCUT2D eigenvalue weighted by atomic mass is 35.5. The lowest BCUT2D eigenvalue weighted by atomic mass is 10.1. The van der Waals surface area contributed by atoms with Crippen molar-refractivity contribution in [3.05, 3.63) is 53.1 Å². The van der Waals surface area contributed by atoms with Crippen LogP contribution < -0.4 is 0 Å². The van der Waals surface area contributed by atoms with Crippen LogP contribution in [-0.4, -0.2) is 9.55 Å². The van der Waals surface area contributed by atoms with E-state index in [1.165, 1.54) is 18.4 Å². The molecule has 0 radical (unpaired) electrons. The maximum Gasteiger partial charge on any atom is 0.0949 e. The first kappa shape index (κ1) is 9.91. The summed E-state index contributed by atoms with van der Waals surface area (Å²) in [6, 6.07) is 6.46. The molecule has 0 saturated heterocycles. The molecule has 2 nitrogen and oxygen atoms in total. The molecule has 3 heteroatoms. The minimum Gasteiger partial charge on any atom is -0.333 e. The molecule has 0 bridgehead atoms. The van der Waals surface area contributed by atoms with Crippen LogP contribution in [-0.2, 0) is 6.54 Å². The average molecular weight is 233 g/mol. The standard InChI is InChI=1S/C13H13ClN2/c14-13-7-11(10-1-2-10)3-4-12(13)8-16-6-5-15-9-16/h3-7,9-10H,1-2,8H2. The SMILES string of the molecule is Clc1cc(C2CC2)ccc1Cn1ccnc1. The van der Waals surface area contributed by atoms with Gasteiger partial charge in [-0.15, -0.1) is 0 Å². The van der Waals surface area contributed by atoms with E-state index in [-0.39, 0.29) is 0 Å². The number of imidazole rings is 1. The Morgan fingerprint density at radius 1 is 1.38 bits per heavy atom. The summed E-state index contributed by atoms with van der Waals surface area (Å²) in [4.78, 5) is 4.02. The van der Waals surface area contributed by atoms with Crippen LogP contribution in [0.3, 0.4) is 0 Å². The van der Waals surface area contributed by atoms with Gasteiger partial charge < -0.3 is 4.57 Å². The molecule has 1 aromatic carbocycles. The van der Waals surface area contributed by atoms with Crippen LogP contribution in [0.15, 0.2) is 36.9 Å². The summed E-state index contributed by atoms with van der Waals surface area (Å²) in [6.45, 7) is 0.795. The second kappa shape index (κ2) is 3.95. The monoisotopic (exact) mass is 232 g/mol. The van der Waals surface area contributed by atoms with Crippen LogP contribution in [0.4, 0.5) is 0 Å². The van der Waals surface area contributed by atoms with Gasteiger partial charge in [0.05, 0.1) is 6.33 Å². The highest BCUT2D eigenvalue weighted by molar-refractivity contribution is 6.31. The fourth-order valence-electron chi connectivity index (χ4n) is 1.94. The zero-order valence-corrected chi connectivity index (χ0v) is 9.69. The minimum absolute atomic E-state index is 0.764. The number of rotatable bonds is 3. The molecule has 1 fully saturated rings. The highest BCUT2D eigenvalue weighted by Gasteiger charge is 2.23. The number of hydrogen-bond donors (Lipinski definition) is 0. The largest absolute Gasteiger partial charge is 0.333 e. The lowest BCUT2D eigenvalue weighted by molar-refractivity contribution is 0.797. The van der Waals surface area contributed by atoms with Crippen molar-refractivity contribution in [1.29, 1.82) is 0 Å². The number of nitrogens with zero attached hydrogens (tertiary/aromatic N) is 2. The van der Waals surface area contributed by atoms with Gasteiger partial charge >= 0.3 is 0 Å². The summed E-state index contributed by atoms with van der Waals surface area (Å²) < 4.78 is 2.03. The van der Waals surface area contributed by atoms with E-state index < -0.39 is 0 Å². The molecule has 1 aromatic heterocycles. The second-order valence-electron chi connectivity index (χ2n) is 4.36. The fraction of sp³-hybridized carbons (Fsp3) is 0.308. The first-order valence-corrected chi connectivity index (χ1v) is 5.95. The van der Waals surface area contributed by atoms with E-state index in [4.69, 9.17) is 11.6 Å². The average Bonchev–Trinajstić information content (AvgIpc) is 3.01. The predicted octanol–water partition coefficient (Wildman–Crippen LogP) is 3.46. The van der Waals surface area contributed by atoms with E-state index >= 15 is 0 Å². The number of hydrogen-bond acceptors (Lipinski definition) is 1. The Labute approximate surface area is 99.9 Å². The minimum atomic E-state index is 0.764. The molecule has 1 saturated carbocycles. The van der Waals surface area contributed by atoms with Crippen molar-refractivity contribution < 1.29 is 0 Å². The van der Waals surface area contributed by atoms with Gasteiger partial charge in [0.25, 0.3) is 0 Å². The van der Waals surface area contributed by atoms with Crippen molar-refractivity contribution in [2.45, 2.75) is 25.3 Å². The van der Waals surface area contributed by atoms with Gasteiger partial charge in [-0.1, -0.05) is 23.7 Å². The summed E-state index contributed by atoms with van der Waals surface area (Å²) in [5, 5.41) is 0.873. The van der Waals surface area contributed by atoms with Gasteiger partial charge in [0.2, 0.25) is 0 Å². The molecule has 1 aliphatic rings. The van der Waals surface area contributed by atoms with Crippen LogP contribution in [0, 0.1) is 0 Å². The Balaban J connectivity index is 1.84. The maximum absolute atomic E-state index is 6.28. The highest BCUT2D eigenvalue weighted by Crippen LogP contribution is 2.41. The van der Waals surface area contributed by atoms with Gasteiger partial charge in [-0.05, 0) is 36.0 Å². The normalized spacial score (nSPS) is 15.3. The van der Waals surface area contributed by atoms with Crippen molar-refractivity contribution in [1.82, 2.24) is 9.55 Å². The van der Waals surface area contributed by atoms with Gasteiger partial charge in [0.1, 0.15) is 0 Å². The third-order valence-electron chi connectivity index (χ3n) is 3.04. The summed E-state index contributed by atoms with van der Waals surface area (Å²) >= 11 is 6.28. The van der Waals surface area contributed by atoms with Gasteiger partial charge in [0, 0.05) is 24.0 Å². The molecular formula is C13H13ClN2. The number of benzene rings is 1. The lowest BCUT2D eigenvalue weighted by Crippen LogP contribution is -1.97. The molecule has 0 N–H and O–H groups in total. The van der Waals surface area contributed by atoms with Crippen molar-refractivity contribution in [3.8, 4) is 0 Å². The molecular weight excluding hydrogens is 220 g/mol. The van der Waals surface area contributed by atoms with Crippen molar-refractivity contribution >= 4 is 11.6 Å². The summed E-state index contributed by atoms with van der Waals surface area (Å²) in [6.07, 6.45) is 8.18. The van der Waals surface area contributed by atoms with Crippen LogP contribution in [0.2, 0.25) is 5.02 Å². The van der Waals surface area contributed by atoms with E-state index in [0.717, 1.165) is 23.0 Å². The van der Waals surface area contributed by atoms with E-state index in [1.807, 2.05) is 17.1 Å². The van der Waals surface area contributed by atoms with Gasteiger partial charge in [-0.25, -0.2) is 4.98 Å². The Bertz CT molecular complexity index is 487. The molecule has 0 atom stereocenters. The molecule has 0 unspecified atom stereocenters. The molecule has 1 heterocycles. The van der Waals surface area contributed by atoms with E-state index in [1.54, 1.807) is 6.20 Å². The van der Waals surface area contributed by atoms with Crippen LogP contribution in [0.5, 0.6) is 0 Å². The zero-order chi connectivity index (χ0) is 11.0. The van der Waals surface area contributed by atoms with Gasteiger partial charge in [0.15, 0.2) is 0 Å². The Morgan fingerprint density at radius 2 is 2.25 bits per heavy atom. The van der Waals surface area contributed by atoms with Gasteiger partial charge in [-0.3, -0.25) is 0 Å². The van der Waals surface area contributed by atoms with Crippen LogP contribution in [0.25, 0.3) is 0 Å². The number of aromatic nitrogens is 2. The van der Waals surface area contributed by atoms with E-state index in [9.17, 15) is 0 Å². The molecule has 82 valence electrons. The Hall–Kier alpha value is -1.28. The van der Waals surface area contributed by atoms with Crippen LogP contribution >= 0.6 is 11.6 Å². The lowest BCUT2D eigenvalue weighted by Gasteiger charge is -2.07. The topological polar surface area (TPSA) is 17.8 Å². The van der Waals surface area contributed by atoms with Crippen molar-refractivity contribution in [3.63, 3.8) is 0 Å². The van der Waals surface area contributed by atoms with Crippen molar-refractivity contribution in [2.24, 2.45) is 0 Å². The van der Waals surface area contributed by atoms with Crippen molar-refractivity contribution in [2.75, 3.05) is 0 Å². The third-order valence-corrected chi connectivity index (χ3v) is 3.39. The zero-order valence-electron chi connectivity index (χ0n) is 8.94. The van der Waals surface area contributed by atoms with E-state index in [2.05, 4.69) is 23.2 Å². The molecule has 0 spiro atoms. The summed E-state index contributed by atoms with van der Waals surface area (Å²) in [5.74, 6) is 0.764. The first-order chi connectivity index (χ1) is 7.83. The first-order valence-electron chi connectivity index (χ1n) is 5.57. The maximum atomic E-state index is 6.28. The fourth-order valence-corrected chi connectivity index (χ4v) is 2.19. The molecule has 3 rings (SSSR count). The Morgan fingerprint density at radius 3 is 2.88 bits per heavy atom. The quantitative estimate of drug-likeness (QED) is 0.793. The third kappa shape index (κ3) is 1.98.